The van der Waals surface area contributed by atoms with Crippen LogP contribution in [0.2, 0.25) is 0 Å². The molecule has 0 amide bonds. The van der Waals surface area contributed by atoms with Gasteiger partial charge < -0.3 is 0 Å². The van der Waals surface area contributed by atoms with Gasteiger partial charge in [-0.25, -0.2) is 9.67 Å². The second-order valence-corrected chi connectivity index (χ2v) is 8.52. The van der Waals surface area contributed by atoms with Crippen LogP contribution < -0.4 is 5.43 Å². The topological polar surface area (TPSA) is 55.1 Å². The molecular formula is C23H16BrN5S. The van der Waals surface area contributed by atoms with Crippen LogP contribution in [-0.4, -0.2) is 21.0 Å². The number of hydrogen-bond acceptors (Lipinski definition) is 5. The molecule has 0 spiro atoms. The Kier molecular flexibility index (Phi) is 5.13. The zero-order valence-electron chi connectivity index (χ0n) is 15.7. The van der Waals surface area contributed by atoms with Crippen LogP contribution in [0.5, 0.6) is 0 Å². The fraction of sp³-hybridized carbons (Fsp3) is 0. The van der Waals surface area contributed by atoms with Gasteiger partial charge in [-0.05, 0) is 36.4 Å². The van der Waals surface area contributed by atoms with Crippen LogP contribution in [-0.2, 0) is 0 Å². The maximum Gasteiger partial charge on any atom is 0.204 e. The van der Waals surface area contributed by atoms with Gasteiger partial charge in [0.15, 0.2) is 0 Å². The molecule has 7 heteroatoms. The summed E-state index contributed by atoms with van der Waals surface area (Å²) in [5, 5.41) is 10.00. The van der Waals surface area contributed by atoms with Crippen molar-refractivity contribution in [2.75, 3.05) is 5.43 Å². The Morgan fingerprint density at radius 3 is 2.50 bits per heavy atom. The van der Waals surface area contributed by atoms with E-state index in [1.165, 1.54) is 0 Å². The molecule has 5 nitrogen and oxygen atoms in total. The number of aromatic nitrogens is 3. The summed E-state index contributed by atoms with van der Waals surface area (Å²) in [6, 6.07) is 26.2. The van der Waals surface area contributed by atoms with E-state index < -0.39 is 0 Å². The van der Waals surface area contributed by atoms with Gasteiger partial charge in [-0.3, -0.25) is 5.43 Å². The highest BCUT2D eigenvalue weighted by Gasteiger charge is 2.11. The predicted octanol–water partition coefficient (Wildman–Crippen LogP) is 6.36. The second-order valence-electron chi connectivity index (χ2n) is 6.58. The number of para-hydroxylation sites is 2. The van der Waals surface area contributed by atoms with Crippen LogP contribution in [0.15, 0.2) is 94.6 Å². The molecule has 2 aromatic heterocycles. The third-order valence-electron chi connectivity index (χ3n) is 4.54. The molecular weight excluding hydrogens is 458 g/mol. The van der Waals surface area contributed by atoms with Gasteiger partial charge >= 0.3 is 0 Å². The van der Waals surface area contributed by atoms with Crippen molar-refractivity contribution in [3.05, 3.63) is 95.1 Å². The molecule has 3 aromatic carbocycles. The van der Waals surface area contributed by atoms with Gasteiger partial charge in [-0.2, -0.15) is 10.2 Å². The van der Waals surface area contributed by atoms with Crippen molar-refractivity contribution in [1.82, 2.24) is 14.8 Å². The highest BCUT2D eigenvalue weighted by atomic mass is 79.9. The standard InChI is InChI=1S/C23H16BrN5S/c24-18-12-10-16(11-13-18)22-17(15-29(28-22)19-6-2-1-3-7-19)14-25-27-23-26-20-8-4-5-9-21(20)30-23/h1-15H,(H,26,27)/b25-14+. The first kappa shape index (κ1) is 18.7. The van der Waals surface area contributed by atoms with Crippen molar-refractivity contribution in [3.8, 4) is 16.9 Å². The fourth-order valence-electron chi connectivity index (χ4n) is 3.10. The number of benzene rings is 3. The number of rotatable bonds is 5. The molecule has 146 valence electrons. The third kappa shape index (κ3) is 3.90. The van der Waals surface area contributed by atoms with Gasteiger partial charge in [0.05, 0.1) is 22.1 Å². The quantitative estimate of drug-likeness (QED) is 0.238. The lowest BCUT2D eigenvalue weighted by molar-refractivity contribution is 0.884. The zero-order chi connectivity index (χ0) is 20.3. The maximum atomic E-state index is 4.81. The first-order chi connectivity index (χ1) is 14.8. The minimum atomic E-state index is 0.757. The van der Waals surface area contributed by atoms with Crippen molar-refractivity contribution in [2.45, 2.75) is 0 Å². The summed E-state index contributed by atoms with van der Waals surface area (Å²) in [5.74, 6) is 0. The first-order valence-corrected chi connectivity index (χ1v) is 10.9. The molecule has 0 saturated carbocycles. The number of hydrogen-bond donors (Lipinski definition) is 1. The van der Waals surface area contributed by atoms with Gasteiger partial charge in [-0.1, -0.05) is 69.7 Å². The van der Waals surface area contributed by atoms with E-state index in [0.717, 1.165) is 42.3 Å². The van der Waals surface area contributed by atoms with Crippen molar-refractivity contribution in [2.24, 2.45) is 5.10 Å². The Bertz CT molecular complexity index is 1290. The highest BCUT2D eigenvalue weighted by Crippen LogP contribution is 2.26. The third-order valence-corrected chi connectivity index (χ3v) is 6.01. The molecule has 0 fully saturated rings. The van der Waals surface area contributed by atoms with E-state index in [1.54, 1.807) is 17.6 Å². The normalized spacial score (nSPS) is 11.4. The highest BCUT2D eigenvalue weighted by molar-refractivity contribution is 9.10. The summed E-state index contributed by atoms with van der Waals surface area (Å²) in [6.07, 6.45) is 3.77. The Balaban J connectivity index is 1.48. The number of nitrogens with one attached hydrogen (secondary N) is 1. The first-order valence-electron chi connectivity index (χ1n) is 9.32. The van der Waals surface area contributed by atoms with E-state index in [-0.39, 0.29) is 0 Å². The Labute approximate surface area is 185 Å². The smallest absolute Gasteiger partial charge is 0.204 e. The van der Waals surface area contributed by atoms with E-state index in [4.69, 9.17) is 5.10 Å². The molecule has 1 N–H and O–H groups in total. The molecule has 0 saturated heterocycles. The van der Waals surface area contributed by atoms with Crippen LogP contribution in [0.25, 0.3) is 27.2 Å². The summed E-state index contributed by atoms with van der Waals surface area (Å²) < 4.78 is 4.03. The number of fused-ring (bicyclic) bond motifs is 1. The number of halogens is 1. The van der Waals surface area contributed by atoms with Crippen LogP contribution in [0.3, 0.4) is 0 Å². The maximum absolute atomic E-state index is 4.81. The molecule has 5 aromatic rings. The van der Waals surface area contributed by atoms with Crippen molar-refractivity contribution >= 4 is 48.8 Å². The van der Waals surface area contributed by atoms with Gasteiger partial charge in [0, 0.05) is 21.8 Å². The Morgan fingerprint density at radius 2 is 1.70 bits per heavy atom. The average Bonchev–Trinajstić information content (AvgIpc) is 3.39. The van der Waals surface area contributed by atoms with Crippen LogP contribution in [0.4, 0.5) is 5.13 Å². The number of anilines is 1. The van der Waals surface area contributed by atoms with Crippen LogP contribution >= 0.6 is 27.3 Å². The summed E-state index contributed by atoms with van der Waals surface area (Å²) in [4.78, 5) is 4.55. The Hall–Kier alpha value is -3.29. The predicted molar refractivity (Wildman–Crippen MR) is 128 cm³/mol. The van der Waals surface area contributed by atoms with Crippen LogP contribution in [0, 0.1) is 0 Å². The van der Waals surface area contributed by atoms with E-state index in [0.29, 0.717) is 0 Å². The summed E-state index contributed by atoms with van der Waals surface area (Å²) >= 11 is 5.07. The zero-order valence-corrected chi connectivity index (χ0v) is 18.1. The number of hydrazone groups is 1. The number of thiazole rings is 1. The molecule has 0 bridgehead atoms. The second kappa shape index (κ2) is 8.22. The molecule has 30 heavy (non-hydrogen) atoms. The molecule has 5 rings (SSSR count). The monoisotopic (exact) mass is 473 g/mol. The molecule has 0 aliphatic rings. The summed E-state index contributed by atoms with van der Waals surface area (Å²) in [7, 11) is 0. The minimum absolute atomic E-state index is 0.757. The average molecular weight is 474 g/mol. The van der Waals surface area contributed by atoms with E-state index >= 15 is 0 Å². The van der Waals surface area contributed by atoms with E-state index in [9.17, 15) is 0 Å². The molecule has 0 aliphatic heterocycles. The Morgan fingerprint density at radius 1 is 0.933 bits per heavy atom. The largest absolute Gasteiger partial charge is 0.253 e. The lowest BCUT2D eigenvalue weighted by Gasteiger charge is -2.00. The fourth-order valence-corrected chi connectivity index (χ4v) is 4.18. The summed E-state index contributed by atoms with van der Waals surface area (Å²) in [6.45, 7) is 0. The van der Waals surface area contributed by atoms with Crippen molar-refractivity contribution in [3.63, 3.8) is 0 Å². The van der Waals surface area contributed by atoms with Crippen LogP contribution in [0.1, 0.15) is 5.56 Å². The molecule has 0 atom stereocenters. The SMILES string of the molecule is Brc1ccc(-c2nn(-c3ccccc3)cc2/C=N/Nc2nc3ccccc3s2)cc1. The van der Waals surface area contributed by atoms with E-state index in [2.05, 4.69) is 37.5 Å². The molecule has 0 aliphatic carbocycles. The lowest BCUT2D eigenvalue weighted by Crippen LogP contribution is -1.93. The van der Waals surface area contributed by atoms with Crippen molar-refractivity contribution in [1.29, 1.82) is 0 Å². The van der Waals surface area contributed by atoms with Gasteiger partial charge in [0.1, 0.15) is 5.69 Å². The molecule has 2 heterocycles. The number of nitrogens with zero attached hydrogens (tertiary/aromatic N) is 4. The lowest BCUT2D eigenvalue weighted by atomic mass is 10.1. The molecule has 0 unspecified atom stereocenters. The molecule has 0 radical (unpaired) electrons. The van der Waals surface area contributed by atoms with Gasteiger partial charge in [0.25, 0.3) is 0 Å². The van der Waals surface area contributed by atoms with Crippen molar-refractivity contribution < 1.29 is 0 Å². The van der Waals surface area contributed by atoms with Gasteiger partial charge in [-0.15, -0.1) is 0 Å². The van der Waals surface area contributed by atoms with Gasteiger partial charge in [0.2, 0.25) is 5.13 Å². The minimum Gasteiger partial charge on any atom is -0.253 e. The summed E-state index contributed by atoms with van der Waals surface area (Å²) in [5.41, 5.74) is 7.81. The van der Waals surface area contributed by atoms with E-state index in [1.807, 2.05) is 83.7 Å².